The highest BCUT2D eigenvalue weighted by Crippen LogP contribution is 2.34. The van der Waals surface area contributed by atoms with Gasteiger partial charge in [0, 0.05) is 115 Å². The van der Waals surface area contributed by atoms with Gasteiger partial charge >= 0.3 is 36.0 Å². The number of carbonyl (C=O) groups excluding carboxylic acids is 15. The number of aromatic hydroxyl groups is 2. The zero-order valence-electron chi connectivity index (χ0n) is 74.6. The van der Waals surface area contributed by atoms with E-state index in [2.05, 4.69) is 26.1 Å². The molecule has 39 nitrogen and oxygen atoms in total. The van der Waals surface area contributed by atoms with Crippen molar-refractivity contribution in [2.24, 2.45) is 5.73 Å². The molecule has 3 saturated heterocycles. The number of nitrogens with zero attached hydrogens (tertiary/aromatic N) is 3. The number of halogens is 7. The predicted octanol–water partition coefficient (Wildman–Crippen LogP) is 6.47. The molecule has 0 spiro atoms. The third-order valence-corrected chi connectivity index (χ3v) is 13.3. The first kappa shape index (κ1) is 115. The Labute approximate surface area is 723 Å². The number of carbonyl (C=O) groups is 16. The quantitative estimate of drug-likeness (QED) is 0.00469. The topological polar surface area (TPSA) is 551 Å². The predicted molar refractivity (Wildman–Crippen MR) is 434 cm³/mol. The van der Waals surface area contributed by atoms with Crippen molar-refractivity contribution >= 4 is 106 Å². The van der Waals surface area contributed by atoms with E-state index >= 15 is 0 Å². The summed E-state index contributed by atoms with van der Waals surface area (Å²) in [6, 6.07) is 19.7. The molecule has 0 atom stereocenters. The SMILES string of the molecule is C.CC.CC(C)(C)OC(=O)CCOCCN.F.F.F.F.O=C(CCOCCNC(=O)c1ccc(-c2cc(=O)c3ccc(O)c(O)c3o2)cc1)ON1C(=O)CCC1=O.O=C1CCC(=O)N1O.[2H]C(=O)C(F)(F)F.[2H]CC(=O)NCCOCCC(=O)O.[2H]CC(=O)NCCOCCC(=O)OC(C)(C)C.[2H]CC(=O)NCCOCCC(=O)ON1C(=O)CCC1=O.[2H]Cc1ccccc1. The van der Waals surface area contributed by atoms with Gasteiger partial charge in [-0.3, -0.25) is 95.9 Å². The van der Waals surface area contributed by atoms with Gasteiger partial charge < -0.3 is 89.6 Å². The van der Waals surface area contributed by atoms with Crippen LogP contribution in [0.1, 0.15) is 177 Å². The van der Waals surface area contributed by atoms with Crippen molar-refractivity contribution in [3.63, 3.8) is 0 Å². The number of alkyl halides is 3. The molecule has 4 aromatic rings. The van der Waals surface area contributed by atoms with E-state index in [1.165, 1.54) is 30.3 Å². The Morgan fingerprint density at radius 3 is 1.19 bits per heavy atom. The van der Waals surface area contributed by atoms with Gasteiger partial charge in [-0.15, -0.1) is 10.1 Å². The van der Waals surface area contributed by atoms with Crippen LogP contribution in [0, 0.1) is 6.90 Å². The fourth-order valence-electron chi connectivity index (χ4n) is 8.06. The molecule has 3 fully saturated rings. The van der Waals surface area contributed by atoms with Gasteiger partial charge in [0.05, 0.1) is 104 Å². The number of rotatable bonds is 33. The van der Waals surface area contributed by atoms with Crippen molar-refractivity contribution < 1.29 is 183 Å². The highest BCUT2D eigenvalue weighted by Gasteiger charge is 2.34. The zero-order valence-corrected chi connectivity index (χ0v) is 69.6. The summed E-state index contributed by atoms with van der Waals surface area (Å²) in [6.07, 6.45) is -6.87. The third-order valence-electron chi connectivity index (χ3n) is 13.3. The lowest BCUT2D eigenvalue weighted by Crippen LogP contribution is -2.32. The summed E-state index contributed by atoms with van der Waals surface area (Å²) in [6.45, 7) is 18.2. The molecule has 0 radical (unpaired) electrons. The van der Waals surface area contributed by atoms with Crippen LogP contribution >= 0.6 is 0 Å². The largest absolute Gasteiger partial charge is 0.504 e. The number of phenols is 2. The first-order valence-corrected chi connectivity index (χ1v) is 36.7. The van der Waals surface area contributed by atoms with Crippen molar-refractivity contribution in [3.05, 3.63) is 94.1 Å². The molecule has 0 aliphatic carbocycles. The monoisotopic (exact) mass is 1810 g/mol. The van der Waals surface area contributed by atoms with Gasteiger partial charge in [-0.25, -0.2) is 9.59 Å². The maximum atomic E-state index is 12.4. The lowest BCUT2D eigenvalue weighted by atomic mass is 10.1. The van der Waals surface area contributed by atoms with Gasteiger partial charge in [-0.2, -0.15) is 18.2 Å². The van der Waals surface area contributed by atoms with Crippen LogP contribution in [-0.4, -0.2) is 247 Å². The first-order chi connectivity index (χ1) is 58.8. The molecule has 710 valence electrons. The summed E-state index contributed by atoms with van der Waals surface area (Å²) in [7, 11) is 0. The molecule has 0 bridgehead atoms. The summed E-state index contributed by atoms with van der Waals surface area (Å²) in [5.74, 6) is -8.41. The summed E-state index contributed by atoms with van der Waals surface area (Å²) in [5, 5.41) is 47.5. The van der Waals surface area contributed by atoms with E-state index in [-0.39, 0.29) is 228 Å². The van der Waals surface area contributed by atoms with Crippen LogP contribution < -0.4 is 32.4 Å². The molecule has 3 aliphatic rings. The molecule has 7 rings (SSSR count). The van der Waals surface area contributed by atoms with Crippen LogP contribution in [0.2, 0.25) is 0 Å². The number of hydrogen-bond donors (Lipinski definition) is 9. The van der Waals surface area contributed by atoms with E-state index in [9.17, 15) is 100 Å². The minimum atomic E-state index is -4.97. The summed E-state index contributed by atoms with van der Waals surface area (Å²) in [4.78, 5) is 196. The van der Waals surface area contributed by atoms with Crippen molar-refractivity contribution in [1.82, 2.24) is 36.5 Å². The van der Waals surface area contributed by atoms with E-state index in [4.69, 9.17) is 70.1 Å². The first-order valence-electron chi connectivity index (χ1n) is 40.1. The van der Waals surface area contributed by atoms with Gasteiger partial charge in [0.15, 0.2) is 16.8 Å². The molecule has 0 unspecified atom stereocenters. The number of hydrogen-bond acceptors (Lipinski definition) is 31. The number of hydroxylamine groups is 6. The molecule has 10 amide bonds. The molecular formula is C79H119F7N8O31. The fourth-order valence-corrected chi connectivity index (χ4v) is 8.06. The number of aryl methyl sites for hydroxylation is 1. The summed E-state index contributed by atoms with van der Waals surface area (Å²) >= 11 is 0. The smallest absolute Gasteiger partial charge is 0.446 e. The standard InChI is InChI=1S/C25H22N2O10.C11H16N2O6.C11H21NO4.C9H19NO3.C7H13NO4.C7H8.C4H5NO3.C2HF3O.C2H6.CH4.4FH/c28-17-6-5-16-18(29)13-19(36-24(16)23(17)33)14-1-3-15(4-2-14)25(34)26-10-12-35-11-9-22(32)37-27-20(30)7-8-21(27)31;1-8(14)12-5-7-18-6-4-11(17)19-13-9(15)2-3-10(13)16;1-9(13)12-6-8-15-7-5-10(14)16-11(2,3)4;1-9(2,3)13-8(11)4-6-12-7-5-10;1-6(9)8-3-5-12-4-2-7(10)11;1-7-5-3-2-4-6-7;6-3-1-2-4(7)5(3)8;3-2(4,5)1-6;1-2;;;;;/h1-6,13,28,33H,7-12H2,(H,26,34);2-7H2,1H3,(H,12,14);5-8H2,1-4H3,(H,12,13);4-7,10H2,1-3H3;2-5H2,1H3,(H,8,9)(H,10,11);2-6H,1H3;8H,1-2H2;1H;1-2H3;1H4;4*1H/i;2*1D;;2*1D;;1D;;;;;;. The number of imide groups is 3. The number of fused-ring (bicyclic) bond motifs is 1. The lowest BCUT2D eigenvalue weighted by Gasteiger charge is -2.19. The molecule has 3 aromatic carbocycles. The van der Waals surface area contributed by atoms with Crippen LogP contribution in [0.3, 0.4) is 0 Å². The Morgan fingerprint density at radius 2 is 0.872 bits per heavy atom. The molecule has 1 aromatic heterocycles. The molecule has 0 saturated carbocycles. The van der Waals surface area contributed by atoms with E-state index < -0.39 is 99.8 Å². The number of ether oxygens (including phenoxy) is 7. The molecule has 125 heavy (non-hydrogen) atoms. The van der Waals surface area contributed by atoms with Gasteiger partial charge in [-0.05, 0) is 72.7 Å². The summed E-state index contributed by atoms with van der Waals surface area (Å²) in [5.41, 5.74) is 5.66. The van der Waals surface area contributed by atoms with Crippen LogP contribution in [-0.2, 0) is 115 Å². The normalized spacial score (nSPS) is 12.6. The van der Waals surface area contributed by atoms with E-state index in [1.54, 1.807) is 12.1 Å². The Balaban J connectivity index is -0.000000282. The van der Waals surface area contributed by atoms with Gasteiger partial charge in [0.1, 0.15) is 18.3 Å². The fraction of sp³-hybridized carbons (Fsp3) is 0.532. The van der Waals surface area contributed by atoms with Crippen LogP contribution in [0.25, 0.3) is 22.3 Å². The molecule has 10 N–H and O–H groups in total. The van der Waals surface area contributed by atoms with Gasteiger partial charge in [0.25, 0.3) is 41.4 Å². The minimum Gasteiger partial charge on any atom is -0.504 e. The van der Waals surface area contributed by atoms with Crippen LogP contribution in [0.5, 0.6) is 11.5 Å². The van der Waals surface area contributed by atoms with Crippen molar-refractivity contribution in [1.29, 1.82) is 0 Å². The molecule has 3 aliphatic heterocycles. The summed E-state index contributed by atoms with van der Waals surface area (Å²) < 4.78 is 106. The second kappa shape index (κ2) is 70.4. The Kier molecular flexibility index (Phi) is 64.8. The maximum Gasteiger partial charge on any atom is 0.446 e. The second-order valence-electron chi connectivity index (χ2n) is 25.6. The Bertz CT molecular complexity index is 4090. The van der Waals surface area contributed by atoms with Crippen molar-refractivity contribution in [2.75, 3.05) is 98.8 Å². The number of nitrogens with two attached hydrogens (primary N) is 1. The number of carboxylic acid groups (broad SMARTS) is 1. The lowest BCUT2D eigenvalue weighted by molar-refractivity contribution is -0.198. The van der Waals surface area contributed by atoms with Gasteiger partial charge in [0.2, 0.25) is 29.7 Å². The number of aldehydes is 1. The molecule has 46 heteroatoms. The van der Waals surface area contributed by atoms with Crippen molar-refractivity contribution in [2.45, 2.75) is 178 Å². The highest BCUT2D eigenvalue weighted by molar-refractivity contribution is 6.03. The number of phenolic OH excluding ortho intramolecular Hbond substituents is 2. The number of amides is 10. The zero-order chi connectivity index (χ0) is 95.3. The van der Waals surface area contributed by atoms with E-state index in [0.717, 1.165) is 5.56 Å². The maximum absolute atomic E-state index is 12.4. The highest BCUT2D eigenvalue weighted by atomic mass is 19.4. The van der Waals surface area contributed by atoms with E-state index in [0.29, 0.717) is 67.6 Å². The molecule has 4 heterocycles. The number of carboxylic acids is 1. The van der Waals surface area contributed by atoms with Crippen LogP contribution in [0.4, 0.5) is 32.0 Å². The second-order valence-corrected chi connectivity index (χ2v) is 25.6. The third kappa shape index (κ3) is 64.5. The minimum absolute atomic E-state index is 0. The number of benzene rings is 3. The van der Waals surface area contributed by atoms with Gasteiger partial charge in [-0.1, -0.05) is 69.3 Å². The number of aliphatic carboxylic acids is 1. The Morgan fingerprint density at radius 1 is 0.520 bits per heavy atom. The number of nitrogens with one attached hydrogen (secondary N) is 4. The average molecular weight is 1810 g/mol. The van der Waals surface area contributed by atoms with Crippen molar-refractivity contribution in [3.8, 4) is 22.8 Å². The Hall–Kier alpha value is -12.0. The number of esters is 2. The average Bonchev–Trinajstić information content (AvgIpc) is 0.979. The van der Waals surface area contributed by atoms with E-state index in [1.807, 2.05) is 85.7 Å². The van der Waals surface area contributed by atoms with Crippen LogP contribution in [0.15, 0.2) is 82.0 Å². The molecular weight excluding hydrogens is 1690 g/mol.